The van der Waals surface area contributed by atoms with Crippen molar-refractivity contribution < 1.29 is 32.0 Å². The van der Waals surface area contributed by atoms with Crippen LogP contribution < -0.4 is 19.7 Å². The van der Waals surface area contributed by atoms with Crippen LogP contribution in [0.5, 0.6) is 11.5 Å². The van der Waals surface area contributed by atoms with Crippen LogP contribution in [-0.2, 0) is 14.8 Å². The van der Waals surface area contributed by atoms with Gasteiger partial charge < -0.3 is 24.7 Å². The van der Waals surface area contributed by atoms with Crippen molar-refractivity contribution >= 4 is 61.2 Å². The molecule has 2 aromatic heterocycles. The number of morpholine rings is 1. The minimum absolute atomic E-state index is 0.0657. The molecule has 8 rings (SSSR count). The van der Waals surface area contributed by atoms with Gasteiger partial charge in [0.1, 0.15) is 29.5 Å². The number of alkyl halides is 1. The summed E-state index contributed by atoms with van der Waals surface area (Å²) in [5.41, 5.74) is 5.23. The van der Waals surface area contributed by atoms with E-state index in [0.29, 0.717) is 44.2 Å². The van der Waals surface area contributed by atoms with E-state index >= 15 is 0 Å². The second kappa shape index (κ2) is 19.3. The second-order valence-electron chi connectivity index (χ2n) is 17.3. The number of anilines is 2. The lowest BCUT2D eigenvalue weighted by atomic mass is 9.72. The number of fused-ring (bicyclic) bond motifs is 1. The minimum atomic E-state index is -4.62. The number of pyridine rings is 1. The Hall–Kier alpha value is -5.59. The van der Waals surface area contributed by atoms with Gasteiger partial charge in [0.05, 0.1) is 34.3 Å². The molecule has 1 atom stereocenters. The Balaban J connectivity index is 0.990. The van der Waals surface area contributed by atoms with Crippen molar-refractivity contribution in [1.29, 1.82) is 0 Å². The molecule has 18 heteroatoms. The number of nitrogens with one attached hydrogen (secondary N) is 3. The smallest absolute Gasteiger partial charge is 0.293 e. The first-order chi connectivity index (χ1) is 30.7. The summed E-state index contributed by atoms with van der Waals surface area (Å²) in [6, 6.07) is 20.1. The number of nitro benzene ring substituents is 1. The van der Waals surface area contributed by atoms with E-state index in [9.17, 15) is 27.7 Å². The molecule has 64 heavy (non-hydrogen) atoms. The van der Waals surface area contributed by atoms with Crippen molar-refractivity contribution in [3.05, 3.63) is 117 Å². The fourth-order valence-electron chi connectivity index (χ4n) is 8.65. The molecule has 2 aliphatic heterocycles. The number of amides is 1. The third kappa shape index (κ3) is 10.7. The van der Waals surface area contributed by atoms with Crippen molar-refractivity contribution in [3.8, 4) is 11.5 Å². The van der Waals surface area contributed by atoms with Crippen molar-refractivity contribution in [2.45, 2.75) is 44.1 Å². The topological polar surface area (TPSA) is 175 Å². The van der Waals surface area contributed by atoms with Gasteiger partial charge in [0.2, 0.25) is 0 Å². The van der Waals surface area contributed by atoms with Gasteiger partial charge in [-0.25, -0.2) is 22.5 Å². The molecule has 0 bridgehead atoms. The van der Waals surface area contributed by atoms with E-state index in [-0.39, 0.29) is 41.6 Å². The van der Waals surface area contributed by atoms with Crippen LogP contribution >= 0.6 is 11.6 Å². The number of hydrogen-bond acceptors (Lipinski definition) is 12. The first-order valence-electron chi connectivity index (χ1n) is 21.4. The fraction of sp³-hybridized carbons (Fsp3) is 0.391. The highest BCUT2D eigenvalue weighted by Crippen LogP contribution is 2.43. The number of piperazine rings is 1. The summed E-state index contributed by atoms with van der Waals surface area (Å²) < 4.78 is 54.5. The number of carbonyl (C=O) groups excluding carboxylic acids is 1. The standard InChI is InChI=1S/C46H52ClFN8O7S/c1-46(2)13-11-33(40(26-46)31-3-5-34(47)6-4-31)29-54-17-19-55(20-18-54)35-7-9-39(43(24-35)63-36-23-32-12-15-49-44(32)51-27-36)45(57)52-64(60,61)38-8-10-41(42(25-38)56(58)59)50-28-37-30-53(16-14-48)21-22-62-37/h3-10,12,15,23-25,27,37,50H,11,13-14,16-22,26,28-30H2,1-2H3,(H,49,51)(H,52,57). The Morgan fingerprint density at radius 1 is 1.05 bits per heavy atom. The summed E-state index contributed by atoms with van der Waals surface area (Å²) in [5, 5.41) is 16.6. The average Bonchev–Trinajstić information content (AvgIpc) is 3.75. The molecule has 2 fully saturated rings. The van der Waals surface area contributed by atoms with Crippen LogP contribution in [0, 0.1) is 15.5 Å². The van der Waals surface area contributed by atoms with Crippen molar-refractivity contribution in [3.63, 3.8) is 0 Å². The van der Waals surface area contributed by atoms with Crippen LogP contribution in [0.1, 0.15) is 49.0 Å². The molecule has 0 radical (unpaired) electrons. The Labute approximate surface area is 376 Å². The zero-order valence-electron chi connectivity index (χ0n) is 35.8. The van der Waals surface area contributed by atoms with Gasteiger partial charge in [-0.05, 0) is 84.3 Å². The van der Waals surface area contributed by atoms with Crippen LogP contribution in [0.4, 0.5) is 21.5 Å². The molecule has 4 heterocycles. The number of sulfonamides is 1. The minimum Gasteiger partial charge on any atom is -0.455 e. The third-order valence-electron chi connectivity index (χ3n) is 12.2. The van der Waals surface area contributed by atoms with Crippen LogP contribution in [0.2, 0.25) is 5.02 Å². The highest BCUT2D eigenvalue weighted by Gasteiger charge is 2.31. The van der Waals surface area contributed by atoms with Gasteiger partial charge in [0.15, 0.2) is 0 Å². The summed E-state index contributed by atoms with van der Waals surface area (Å²) in [7, 11) is -4.62. The fourth-order valence-corrected chi connectivity index (χ4v) is 9.76. The summed E-state index contributed by atoms with van der Waals surface area (Å²) in [4.78, 5) is 39.0. The molecule has 5 aromatic rings. The summed E-state index contributed by atoms with van der Waals surface area (Å²) in [6.07, 6.45) is 6.07. The van der Waals surface area contributed by atoms with Crippen molar-refractivity contribution in [2.24, 2.45) is 5.41 Å². The van der Waals surface area contributed by atoms with E-state index < -0.39 is 38.1 Å². The largest absolute Gasteiger partial charge is 0.455 e. The number of carbonyl (C=O) groups is 1. The van der Waals surface area contributed by atoms with Gasteiger partial charge in [-0.15, -0.1) is 0 Å². The lowest BCUT2D eigenvalue weighted by molar-refractivity contribution is -0.384. The van der Waals surface area contributed by atoms with E-state index in [1.165, 1.54) is 41.1 Å². The maximum absolute atomic E-state index is 13.9. The monoisotopic (exact) mass is 914 g/mol. The molecule has 0 spiro atoms. The molecular weight excluding hydrogens is 863 g/mol. The quantitative estimate of drug-likeness (QED) is 0.0685. The Kier molecular flexibility index (Phi) is 13.5. The van der Waals surface area contributed by atoms with Crippen LogP contribution in [0.3, 0.4) is 0 Å². The highest BCUT2D eigenvalue weighted by atomic mass is 35.5. The summed E-state index contributed by atoms with van der Waals surface area (Å²) in [5.74, 6) is -0.550. The molecule has 15 nitrogen and oxygen atoms in total. The number of H-pyrrole nitrogens is 1. The normalized spacial score (nSPS) is 18.6. The van der Waals surface area contributed by atoms with E-state index in [4.69, 9.17) is 21.1 Å². The lowest BCUT2D eigenvalue weighted by Crippen LogP contribution is -2.47. The zero-order chi connectivity index (χ0) is 45.0. The predicted octanol–water partition coefficient (Wildman–Crippen LogP) is 7.90. The number of aromatic amines is 1. The zero-order valence-corrected chi connectivity index (χ0v) is 37.4. The number of rotatable bonds is 15. The Morgan fingerprint density at radius 3 is 2.61 bits per heavy atom. The number of nitrogens with zero attached hydrogens (tertiary/aromatic N) is 5. The Morgan fingerprint density at radius 2 is 1.84 bits per heavy atom. The van der Waals surface area contributed by atoms with Gasteiger partial charge in [0, 0.05) is 93.3 Å². The van der Waals surface area contributed by atoms with Gasteiger partial charge in [-0.3, -0.25) is 24.7 Å². The van der Waals surface area contributed by atoms with E-state index in [1.54, 1.807) is 24.4 Å². The Bertz CT molecular complexity index is 2650. The summed E-state index contributed by atoms with van der Waals surface area (Å²) in [6.45, 7) is 9.91. The number of nitro groups is 1. The molecule has 1 amide bonds. The van der Waals surface area contributed by atoms with Gasteiger partial charge >= 0.3 is 0 Å². The summed E-state index contributed by atoms with van der Waals surface area (Å²) >= 11 is 6.24. The van der Waals surface area contributed by atoms with E-state index in [2.05, 4.69) is 55.8 Å². The van der Waals surface area contributed by atoms with Crippen molar-refractivity contribution in [2.75, 3.05) is 82.4 Å². The van der Waals surface area contributed by atoms with Crippen LogP contribution in [0.25, 0.3) is 16.6 Å². The maximum Gasteiger partial charge on any atom is 0.293 e. The maximum atomic E-state index is 13.9. The molecule has 3 aromatic carbocycles. The molecule has 3 N–H and O–H groups in total. The SMILES string of the molecule is CC1(C)CCC(CN2CCN(c3ccc(C(=O)NS(=O)(=O)c4ccc(NCC5CN(CCF)CCO5)c([N+](=O)[O-])c4)c(Oc4cnc5[nH]ccc5c4)c3)CC2)=C(c2ccc(Cl)cc2)C1. The van der Waals surface area contributed by atoms with Gasteiger partial charge in [-0.1, -0.05) is 43.2 Å². The molecule has 1 aliphatic carbocycles. The number of halogens is 2. The first-order valence-corrected chi connectivity index (χ1v) is 23.3. The molecular formula is C46H52ClFN8O7S. The molecule has 338 valence electrons. The number of allylic oxidation sites excluding steroid dienone is 1. The molecule has 3 aliphatic rings. The predicted molar refractivity (Wildman–Crippen MR) is 246 cm³/mol. The van der Waals surface area contributed by atoms with Gasteiger partial charge in [-0.2, -0.15) is 0 Å². The number of hydrogen-bond donors (Lipinski definition) is 3. The number of ether oxygens (including phenoxy) is 2. The third-order valence-corrected chi connectivity index (χ3v) is 13.8. The van der Waals surface area contributed by atoms with E-state index in [1.807, 2.05) is 23.1 Å². The van der Waals surface area contributed by atoms with E-state index in [0.717, 1.165) is 61.1 Å². The molecule has 2 saturated heterocycles. The molecule has 0 saturated carbocycles. The van der Waals surface area contributed by atoms with Crippen LogP contribution in [-0.4, -0.2) is 117 Å². The average molecular weight is 915 g/mol. The second-order valence-corrected chi connectivity index (χ2v) is 19.4. The lowest BCUT2D eigenvalue weighted by Gasteiger charge is -2.39. The van der Waals surface area contributed by atoms with Gasteiger partial charge in [0.25, 0.3) is 21.6 Å². The highest BCUT2D eigenvalue weighted by molar-refractivity contribution is 7.90. The van der Waals surface area contributed by atoms with Crippen molar-refractivity contribution in [1.82, 2.24) is 24.5 Å². The first kappa shape index (κ1) is 45.0. The number of aromatic nitrogens is 2. The number of benzene rings is 3. The molecule has 1 unspecified atom stereocenters. The van der Waals surface area contributed by atoms with Crippen LogP contribution in [0.15, 0.2) is 95.7 Å².